The average molecular weight is 400 g/mol. The van der Waals surface area contributed by atoms with E-state index in [0.29, 0.717) is 12.3 Å². The Kier molecular flexibility index (Phi) is 6.47. The summed E-state index contributed by atoms with van der Waals surface area (Å²) in [7, 11) is -3.87. The third-order valence-electron chi connectivity index (χ3n) is 3.04. The second-order valence-electron chi connectivity index (χ2n) is 4.89. The van der Waals surface area contributed by atoms with Gasteiger partial charge in [0.05, 0.1) is 11.6 Å². The molecule has 0 atom stereocenters. The zero-order valence-electron chi connectivity index (χ0n) is 13.2. The first-order chi connectivity index (χ1) is 11.8. The Bertz CT molecular complexity index is 893. The van der Waals surface area contributed by atoms with Crippen LogP contribution in [-0.2, 0) is 19.6 Å². The first-order valence-corrected chi connectivity index (χ1v) is 9.48. The van der Waals surface area contributed by atoms with Crippen LogP contribution in [0.15, 0.2) is 53.4 Å². The smallest absolute Gasteiger partial charge is 0.330 e. The highest BCUT2D eigenvalue weighted by Crippen LogP contribution is 2.27. The number of carbonyl (C=O) groups is 1. The second kappa shape index (κ2) is 8.38. The number of anilines is 1. The van der Waals surface area contributed by atoms with Gasteiger partial charge in [-0.2, -0.15) is 0 Å². The Morgan fingerprint density at radius 3 is 2.48 bits per heavy atom. The summed E-state index contributed by atoms with van der Waals surface area (Å²) < 4.78 is 32.0. The van der Waals surface area contributed by atoms with E-state index in [9.17, 15) is 13.2 Å². The molecule has 0 aliphatic heterocycles. The molecule has 0 unspecified atom stereocenters. The van der Waals surface area contributed by atoms with E-state index in [-0.39, 0.29) is 14.9 Å². The van der Waals surface area contributed by atoms with Gasteiger partial charge in [-0.25, -0.2) is 13.2 Å². The molecule has 0 bridgehead atoms. The topological polar surface area (TPSA) is 72.5 Å². The van der Waals surface area contributed by atoms with Gasteiger partial charge in [0.2, 0.25) is 0 Å². The summed E-state index contributed by atoms with van der Waals surface area (Å²) in [5, 5.41) is 0.343. The van der Waals surface area contributed by atoms with Crippen LogP contribution in [0.1, 0.15) is 12.5 Å². The summed E-state index contributed by atoms with van der Waals surface area (Å²) >= 11 is 11.8. The summed E-state index contributed by atoms with van der Waals surface area (Å²) in [4.78, 5) is 11.2. The van der Waals surface area contributed by atoms with Crippen molar-refractivity contribution in [2.45, 2.75) is 11.8 Å². The van der Waals surface area contributed by atoms with Gasteiger partial charge >= 0.3 is 5.97 Å². The molecule has 2 aromatic rings. The number of carbonyl (C=O) groups excluding carboxylic acids is 1. The van der Waals surface area contributed by atoms with E-state index in [1.54, 1.807) is 37.3 Å². The molecule has 0 radical (unpaired) electrons. The molecule has 1 N–H and O–H groups in total. The first-order valence-electron chi connectivity index (χ1n) is 7.24. The van der Waals surface area contributed by atoms with Crippen LogP contribution in [0.2, 0.25) is 10.0 Å². The fraction of sp³-hybridized carbons (Fsp3) is 0.118. The predicted octanol–water partition coefficient (Wildman–Crippen LogP) is 4.37. The molecule has 0 saturated carbocycles. The number of nitrogens with one attached hydrogen (secondary N) is 1. The molecule has 0 aliphatic carbocycles. The number of esters is 1. The standard InChI is InChI=1S/C17H15Cl2NO4S/c1-2-24-17(21)10-5-12-3-7-14(8-4-12)20-25(22,23)16-11-13(18)6-9-15(16)19/h3-11,20H,2H2,1H3. The Morgan fingerprint density at radius 2 is 1.84 bits per heavy atom. The molecule has 8 heteroatoms. The Hall–Kier alpha value is -2.02. The van der Waals surface area contributed by atoms with E-state index >= 15 is 0 Å². The number of halogens is 2. The largest absolute Gasteiger partial charge is 0.463 e. The predicted molar refractivity (Wildman–Crippen MR) is 99.4 cm³/mol. The summed E-state index contributed by atoms with van der Waals surface area (Å²) in [6.45, 7) is 2.02. The molecule has 2 aromatic carbocycles. The number of ether oxygens (including phenoxy) is 1. The monoisotopic (exact) mass is 399 g/mol. The van der Waals surface area contributed by atoms with Crippen molar-refractivity contribution in [2.24, 2.45) is 0 Å². The van der Waals surface area contributed by atoms with Gasteiger partial charge in [-0.15, -0.1) is 0 Å². The molecule has 0 heterocycles. The van der Waals surface area contributed by atoms with E-state index in [2.05, 4.69) is 4.72 Å². The Labute approximate surface area is 156 Å². The summed E-state index contributed by atoms with van der Waals surface area (Å²) in [6, 6.07) is 10.7. The van der Waals surface area contributed by atoms with Crippen LogP contribution in [-0.4, -0.2) is 21.0 Å². The molecule has 0 fully saturated rings. The van der Waals surface area contributed by atoms with E-state index < -0.39 is 16.0 Å². The van der Waals surface area contributed by atoms with Crippen molar-refractivity contribution in [2.75, 3.05) is 11.3 Å². The lowest BCUT2D eigenvalue weighted by molar-refractivity contribution is -0.137. The molecule has 5 nitrogen and oxygen atoms in total. The van der Waals surface area contributed by atoms with Crippen molar-refractivity contribution in [1.29, 1.82) is 0 Å². The molecule has 0 saturated heterocycles. The van der Waals surface area contributed by atoms with Crippen molar-refractivity contribution in [3.8, 4) is 0 Å². The van der Waals surface area contributed by atoms with Crippen LogP contribution in [0.25, 0.3) is 6.08 Å². The van der Waals surface area contributed by atoms with Crippen molar-refractivity contribution in [3.05, 3.63) is 64.1 Å². The SMILES string of the molecule is CCOC(=O)C=Cc1ccc(NS(=O)(=O)c2cc(Cl)ccc2Cl)cc1. The molecule has 0 aliphatic rings. The van der Waals surface area contributed by atoms with E-state index in [1.807, 2.05) is 0 Å². The van der Waals surface area contributed by atoms with Crippen molar-refractivity contribution in [3.63, 3.8) is 0 Å². The lowest BCUT2D eigenvalue weighted by Crippen LogP contribution is -2.13. The quantitative estimate of drug-likeness (QED) is 0.577. The van der Waals surface area contributed by atoms with Crippen LogP contribution in [0.4, 0.5) is 5.69 Å². The van der Waals surface area contributed by atoms with Gasteiger partial charge in [0.1, 0.15) is 4.90 Å². The van der Waals surface area contributed by atoms with Crippen molar-refractivity contribution < 1.29 is 17.9 Å². The molecular weight excluding hydrogens is 385 g/mol. The average Bonchev–Trinajstić information content (AvgIpc) is 2.56. The zero-order valence-corrected chi connectivity index (χ0v) is 15.5. The van der Waals surface area contributed by atoms with Gasteiger partial charge in [-0.1, -0.05) is 35.3 Å². The first kappa shape index (κ1) is 19.3. The van der Waals surface area contributed by atoms with Gasteiger partial charge in [-0.05, 0) is 48.9 Å². The van der Waals surface area contributed by atoms with Crippen LogP contribution in [0.3, 0.4) is 0 Å². The minimum atomic E-state index is -3.87. The van der Waals surface area contributed by atoms with E-state index in [4.69, 9.17) is 27.9 Å². The fourth-order valence-electron chi connectivity index (χ4n) is 1.91. The highest BCUT2D eigenvalue weighted by atomic mass is 35.5. The third kappa shape index (κ3) is 5.49. The van der Waals surface area contributed by atoms with Gasteiger partial charge in [0.15, 0.2) is 0 Å². The van der Waals surface area contributed by atoms with Gasteiger partial charge in [-0.3, -0.25) is 4.72 Å². The van der Waals surface area contributed by atoms with Gasteiger partial charge < -0.3 is 4.74 Å². The van der Waals surface area contributed by atoms with Crippen LogP contribution < -0.4 is 4.72 Å². The lowest BCUT2D eigenvalue weighted by Gasteiger charge is -2.10. The second-order valence-corrected chi connectivity index (χ2v) is 7.38. The van der Waals surface area contributed by atoms with Gasteiger partial charge in [0, 0.05) is 16.8 Å². The van der Waals surface area contributed by atoms with E-state index in [0.717, 1.165) is 5.56 Å². The lowest BCUT2D eigenvalue weighted by atomic mass is 10.2. The summed E-state index contributed by atoms with van der Waals surface area (Å²) in [5.74, 6) is -0.442. The van der Waals surface area contributed by atoms with Crippen molar-refractivity contribution in [1.82, 2.24) is 0 Å². The minimum Gasteiger partial charge on any atom is -0.463 e. The molecule has 2 rings (SSSR count). The molecule has 0 aromatic heterocycles. The van der Waals surface area contributed by atoms with Crippen LogP contribution >= 0.6 is 23.2 Å². The molecule has 0 amide bonds. The normalized spacial score (nSPS) is 11.5. The van der Waals surface area contributed by atoms with Crippen LogP contribution in [0.5, 0.6) is 0 Å². The highest BCUT2D eigenvalue weighted by Gasteiger charge is 2.18. The number of sulfonamides is 1. The highest BCUT2D eigenvalue weighted by molar-refractivity contribution is 7.92. The molecular formula is C17H15Cl2NO4S. The number of rotatable bonds is 6. The molecule has 0 spiro atoms. The number of hydrogen-bond acceptors (Lipinski definition) is 4. The Balaban J connectivity index is 2.15. The van der Waals surface area contributed by atoms with Gasteiger partial charge in [0.25, 0.3) is 10.0 Å². The summed E-state index contributed by atoms with van der Waals surface area (Å²) in [5.41, 5.74) is 1.07. The maximum atomic E-state index is 12.4. The van der Waals surface area contributed by atoms with Crippen LogP contribution in [0, 0.1) is 0 Å². The number of benzene rings is 2. The number of hydrogen-bond donors (Lipinski definition) is 1. The third-order valence-corrected chi connectivity index (χ3v) is 5.14. The van der Waals surface area contributed by atoms with E-state index in [1.165, 1.54) is 24.3 Å². The van der Waals surface area contributed by atoms with Crippen molar-refractivity contribution >= 4 is 51.0 Å². The molecule has 25 heavy (non-hydrogen) atoms. The maximum Gasteiger partial charge on any atom is 0.330 e. The fourth-order valence-corrected chi connectivity index (χ4v) is 3.73. The summed E-state index contributed by atoms with van der Waals surface area (Å²) in [6.07, 6.45) is 2.87. The zero-order chi connectivity index (χ0) is 18.4. The maximum absolute atomic E-state index is 12.4. The minimum absolute atomic E-state index is 0.0749. The molecule has 132 valence electrons. The Morgan fingerprint density at radius 1 is 1.16 bits per heavy atom.